The fourth-order valence-corrected chi connectivity index (χ4v) is 3.31. The number of nitrogens with zero attached hydrogens (tertiary/aromatic N) is 1. The minimum atomic E-state index is -0.637. The average molecular weight is 291 g/mol. The van der Waals surface area contributed by atoms with Crippen molar-refractivity contribution >= 4 is 0 Å². The molecular formula is C18H31N2O+. The topological polar surface area (TPSA) is 35.2 Å². The van der Waals surface area contributed by atoms with E-state index in [-0.39, 0.29) is 0 Å². The molecule has 1 atom stereocenters. The van der Waals surface area contributed by atoms with Crippen LogP contribution >= 0.6 is 0 Å². The van der Waals surface area contributed by atoms with Gasteiger partial charge in [-0.3, -0.25) is 5.73 Å². The highest BCUT2D eigenvalue weighted by Crippen LogP contribution is 2.24. The van der Waals surface area contributed by atoms with Gasteiger partial charge in [0.2, 0.25) is 0 Å². The monoisotopic (exact) mass is 291 g/mol. The predicted octanol–water partition coefficient (Wildman–Crippen LogP) is 3.25. The van der Waals surface area contributed by atoms with Gasteiger partial charge in [0.1, 0.15) is 5.72 Å². The molecule has 1 fully saturated rings. The molecule has 0 aliphatic carbocycles. The molecule has 2 N–H and O–H groups in total. The Morgan fingerprint density at radius 2 is 1.81 bits per heavy atom. The van der Waals surface area contributed by atoms with Crippen molar-refractivity contribution < 1.29 is 9.22 Å². The van der Waals surface area contributed by atoms with Gasteiger partial charge in [0.05, 0.1) is 33.3 Å². The number of quaternary nitrogens is 1. The van der Waals surface area contributed by atoms with Crippen molar-refractivity contribution in [2.75, 3.05) is 33.3 Å². The standard InChI is InChI=1S/C18H31N2O/c1-3-18(19,17-11-6-4-7-12-17)21-16-10-15-20(2)13-8-5-9-14-20/h4,6-7,11-12H,3,5,8-10,13-16,19H2,1-2H3/q+1. The molecule has 1 aliphatic rings. The van der Waals surface area contributed by atoms with Crippen LogP contribution in [-0.2, 0) is 10.5 Å². The van der Waals surface area contributed by atoms with Gasteiger partial charge < -0.3 is 9.22 Å². The van der Waals surface area contributed by atoms with E-state index in [1.54, 1.807) is 0 Å². The quantitative estimate of drug-likeness (QED) is 0.475. The van der Waals surface area contributed by atoms with Gasteiger partial charge in [-0.15, -0.1) is 0 Å². The minimum absolute atomic E-state index is 0.637. The van der Waals surface area contributed by atoms with Crippen LogP contribution in [0.15, 0.2) is 30.3 Å². The molecule has 1 aromatic rings. The van der Waals surface area contributed by atoms with Crippen LogP contribution in [-0.4, -0.2) is 37.8 Å². The number of rotatable bonds is 7. The zero-order valence-corrected chi connectivity index (χ0v) is 13.7. The fourth-order valence-electron chi connectivity index (χ4n) is 3.31. The largest absolute Gasteiger partial charge is 0.356 e. The number of ether oxygens (including phenoxy) is 1. The Hall–Kier alpha value is -0.900. The van der Waals surface area contributed by atoms with E-state index in [9.17, 15) is 0 Å². The first kappa shape index (κ1) is 16.5. The molecular weight excluding hydrogens is 260 g/mol. The van der Waals surface area contributed by atoms with Crippen molar-refractivity contribution in [3.05, 3.63) is 35.9 Å². The molecule has 1 aliphatic heterocycles. The first-order chi connectivity index (χ1) is 10.1. The maximum absolute atomic E-state index is 6.44. The van der Waals surface area contributed by atoms with Crippen molar-refractivity contribution in [1.29, 1.82) is 0 Å². The van der Waals surface area contributed by atoms with E-state index >= 15 is 0 Å². The van der Waals surface area contributed by atoms with E-state index in [0.29, 0.717) is 0 Å². The summed E-state index contributed by atoms with van der Waals surface area (Å²) in [6.45, 7) is 6.67. The number of nitrogens with two attached hydrogens (primary N) is 1. The van der Waals surface area contributed by atoms with Crippen molar-refractivity contribution in [1.82, 2.24) is 0 Å². The summed E-state index contributed by atoms with van der Waals surface area (Å²) in [7, 11) is 2.38. The van der Waals surface area contributed by atoms with Crippen molar-refractivity contribution in [3.8, 4) is 0 Å². The van der Waals surface area contributed by atoms with Crippen molar-refractivity contribution in [2.24, 2.45) is 5.73 Å². The molecule has 0 spiro atoms. The van der Waals surface area contributed by atoms with E-state index in [4.69, 9.17) is 10.5 Å². The molecule has 1 aromatic carbocycles. The highest BCUT2D eigenvalue weighted by molar-refractivity contribution is 5.21. The second kappa shape index (κ2) is 7.39. The lowest BCUT2D eigenvalue weighted by Crippen LogP contribution is -2.49. The molecule has 0 aromatic heterocycles. The molecule has 21 heavy (non-hydrogen) atoms. The van der Waals surface area contributed by atoms with E-state index in [2.05, 4.69) is 26.1 Å². The fraction of sp³-hybridized carbons (Fsp3) is 0.667. The molecule has 2 rings (SSSR count). The molecule has 0 amide bonds. The first-order valence-electron chi connectivity index (χ1n) is 8.40. The number of hydrogen-bond donors (Lipinski definition) is 1. The van der Waals surface area contributed by atoms with Crippen molar-refractivity contribution in [2.45, 2.75) is 44.8 Å². The second-order valence-corrected chi connectivity index (χ2v) is 6.66. The Labute approximate surface area is 129 Å². The zero-order valence-electron chi connectivity index (χ0n) is 13.7. The Bertz CT molecular complexity index is 414. The normalized spacial score (nSPS) is 20.9. The number of likely N-dealkylation sites (tertiary alicyclic amines) is 1. The molecule has 0 saturated carbocycles. The van der Waals surface area contributed by atoms with Crippen LogP contribution in [0.2, 0.25) is 0 Å². The van der Waals surface area contributed by atoms with Gasteiger partial charge in [-0.25, -0.2) is 0 Å². The molecule has 1 saturated heterocycles. The van der Waals surface area contributed by atoms with Gasteiger partial charge in [-0.05, 0) is 31.2 Å². The third-order valence-electron chi connectivity index (χ3n) is 4.89. The molecule has 3 nitrogen and oxygen atoms in total. The lowest BCUT2D eigenvalue weighted by atomic mass is 10.0. The van der Waals surface area contributed by atoms with E-state index in [0.717, 1.165) is 25.0 Å². The smallest absolute Gasteiger partial charge is 0.142 e. The third kappa shape index (κ3) is 4.53. The Balaban J connectivity index is 1.81. The SMILES string of the molecule is CCC(N)(OCCC[N+]1(C)CCCCC1)c1ccccc1. The van der Waals surface area contributed by atoms with Gasteiger partial charge >= 0.3 is 0 Å². The number of benzene rings is 1. The van der Waals surface area contributed by atoms with Crippen LogP contribution in [0.5, 0.6) is 0 Å². The molecule has 3 heteroatoms. The van der Waals surface area contributed by atoms with Gasteiger partial charge in [-0.1, -0.05) is 37.3 Å². The van der Waals surface area contributed by atoms with Crippen LogP contribution in [0.4, 0.5) is 0 Å². The molecule has 1 unspecified atom stereocenters. The summed E-state index contributed by atoms with van der Waals surface area (Å²) < 4.78 is 7.28. The van der Waals surface area contributed by atoms with Crippen molar-refractivity contribution in [3.63, 3.8) is 0 Å². The van der Waals surface area contributed by atoms with Crippen LogP contribution < -0.4 is 5.73 Å². The summed E-state index contributed by atoms with van der Waals surface area (Å²) in [6, 6.07) is 10.2. The van der Waals surface area contributed by atoms with Crippen LogP contribution in [0.1, 0.15) is 44.6 Å². The maximum atomic E-state index is 6.44. The number of hydrogen-bond acceptors (Lipinski definition) is 2. The van der Waals surface area contributed by atoms with E-state index in [1.807, 2.05) is 18.2 Å². The maximum Gasteiger partial charge on any atom is 0.142 e. The second-order valence-electron chi connectivity index (χ2n) is 6.66. The summed E-state index contributed by atoms with van der Waals surface area (Å²) in [5, 5.41) is 0. The Morgan fingerprint density at radius 3 is 2.43 bits per heavy atom. The summed E-state index contributed by atoms with van der Waals surface area (Å²) in [4.78, 5) is 0. The van der Waals surface area contributed by atoms with E-state index in [1.165, 1.54) is 43.4 Å². The Kier molecular flexibility index (Phi) is 5.80. The van der Waals surface area contributed by atoms with Gasteiger partial charge in [0, 0.05) is 6.42 Å². The van der Waals surface area contributed by atoms with Gasteiger partial charge in [-0.2, -0.15) is 0 Å². The van der Waals surface area contributed by atoms with Crippen LogP contribution in [0.25, 0.3) is 0 Å². The molecule has 0 bridgehead atoms. The summed E-state index contributed by atoms with van der Waals surface area (Å²) in [6.07, 6.45) is 6.03. The molecule has 1 heterocycles. The van der Waals surface area contributed by atoms with Crippen LogP contribution in [0, 0.1) is 0 Å². The number of piperidine rings is 1. The van der Waals surface area contributed by atoms with Crippen LogP contribution in [0.3, 0.4) is 0 Å². The van der Waals surface area contributed by atoms with Gasteiger partial charge in [0.25, 0.3) is 0 Å². The Morgan fingerprint density at radius 1 is 1.14 bits per heavy atom. The summed E-state index contributed by atoms with van der Waals surface area (Å²) in [5.41, 5.74) is 6.88. The summed E-state index contributed by atoms with van der Waals surface area (Å²) >= 11 is 0. The van der Waals surface area contributed by atoms with E-state index < -0.39 is 5.72 Å². The summed E-state index contributed by atoms with van der Waals surface area (Å²) in [5.74, 6) is 0. The van der Waals surface area contributed by atoms with Gasteiger partial charge in [0.15, 0.2) is 0 Å². The molecule has 0 radical (unpaired) electrons. The zero-order chi connectivity index (χ0) is 15.2. The third-order valence-corrected chi connectivity index (χ3v) is 4.89. The average Bonchev–Trinajstić information content (AvgIpc) is 2.53. The molecule has 118 valence electrons. The predicted molar refractivity (Wildman–Crippen MR) is 87.8 cm³/mol. The lowest BCUT2D eigenvalue weighted by molar-refractivity contribution is -0.914. The highest BCUT2D eigenvalue weighted by atomic mass is 16.5. The highest BCUT2D eigenvalue weighted by Gasteiger charge is 2.27. The lowest BCUT2D eigenvalue weighted by Gasteiger charge is -2.38. The first-order valence-corrected chi connectivity index (χ1v) is 8.40. The minimum Gasteiger partial charge on any atom is -0.356 e.